The van der Waals surface area contributed by atoms with Crippen molar-refractivity contribution in [2.45, 2.75) is 31.3 Å². The zero-order valence-corrected chi connectivity index (χ0v) is 16.8. The molecule has 5 nitrogen and oxygen atoms in total. The molecular formula is C24H26N2O3. The summed E-state index contributed by atoms with van der Waals surface area (Å²) in [5.74, 6) is 1.50. The molecule has 3 unspecified atom stereocenters. The normalized spacial score (nSPS) is 18.8. The zero-order valence-electron chi connectivity index (χ0n) is 16.8. The van der Waals surface area contributed by atoms with Gasteiger partial charge in [-0.2, -0.15) is 0 Å². The Balaban J connectivity index is 1.45. The maximum absolute atomic E-state index is 12.9. The van der Waals surface area contributed by atoms with E-state index in [0.717, 1.165) is 30.0 Å². The molecule has 1 heterocycles. The first kappa shape index (κ1) is 19.2. The Bertz CT molecular complexity index is 967. The van der Waals surface area contributed by atoms with E-state index in [0.29, 0.717) is 6.42 Å². The molecule has 1 aromatic heterocycles. The Kier molecular flexibility index (Phi) is 5.65. The van der Waals surface area contributed by atoms with Gasteiger partial charge in [-0.05, 0) is 36.5 Å². The molecule has 3 aromatic rings. The number of esters is 1. The van der Waals surface area contributed by atoms with Gasteiger partial charge in [-0.1, -0.05) is 48.5 Å². The maximum Gasteiger partial charge on any atom is 0.310 e. The summed E-state index contributed by atoms with van der Waals surface area (Å²) >= 11 is 0. The van der Waals surface area contributed by atoms with Crippen LogP contribution in [0.2, 0.25) is 0 Å². The summed E-state index contributed by atoms with van der Waals surface area (Å²) in [6.45, 7) is 0. The highest BCUT2D eigenvalue weighted by Gasteiger charge is 2.47. The number of hydrogen-bond acceptors (Lipinski definition) is 4. The number of para-hydroxylation sites is 1. The van der Waals surface area contributed by atoms with E-state index in [1.165, 1.54) is 5.56 Å². The first-order chi connectivity index (χ1) is 14.2. The van der Waals surface area contributed by atoms with Gasteiger partial charge in [0.1, 0.15) is 11.6 Å². The zero-order chi connectivity index (χ0) is 20.2. The van der Waals surface area contributed by atoms with Crippen LogP contribution in [0.4, 0.5) is 0 Å². The van der Waals surface area contributed by atoms with Crippen LogP contribution in [-0.4, -0.2) is 22.6 Å². The van der Waals surface area contributed by atoms with Crippen LogP contribution in [0.5, 0.6) is 5.75 Å². The average molecular weight is 390 g/mol. The Hall–Kier alpha value is -3.08. The number of carbonyl (C=O) groups is 1. The molecule has 0 aliphatic heterocycles. The topological polar surface area (TPSA) is 53.4 Å². The number of imidazole rings is 1. The van der Waals surface area contributed by atoms with Gasteiger partial charge in [0.25, 0.3) is 0 Å². The average Bonchev–Trinajstić information content (AvgIpc) is 3.45. The van der Waals surface area contributed by atoms with Gasteiger partial charge in [-0.25, -0.2) is 4.98 Å². The molecule has 0 bridgehead atoms. The van der Waals surface area contributed by atoms with E-state index in [9.17, 15) is 4.79 Å². The molecule has 0 spiro atoms. The summed E-state index contributed by atoms with van der Waals surface area (Å²) in [7, 11) is 3.59. The number of nitrogens with zero attached hydrogens (tertiary/aromatic N) is 2. The molecule has 1 aliphatic carbocycles. The standard InChI is InChI=1S/C24H26N2O3/c1-26-15-14-25-23(26)22(13-12-17-8-4-3-5-9-17)29-24(27)20-16-19(20)18-10-6-7-11-21(18)28-2/h3-11,14-15,19-20,22H,12-13,16H2,1-2H3. The monoisotopic (exact) mass is 390 g/mol. The molecule has 0 radical (unpaired) electrons. The predicted octanol–water partition coefficient (Wildman–Crippen LogP) is 4.45. The first-order valence-corrected chi connectivity index (χ1v) is 10.0. The number of ether oxygens (including phenoxy) is 2. The van der Waals surface area contributed by atoms with Crippen molar-refractivity contribution >= 4 is 5.97 Å². The van der Waals surface area contributed by atoms with Crippen molar-refractivity contribution in [3.8, 4) is 5.75 Å². The number of rotatable bonds is 8. The highest BCUT2D eigenvalue weighted by molar-refractivity contribution is 5.78. The second kappa shape index (κ2) is 8.52. The lowest BCUT2D eigenvalue weighted by Crippen LogP contribution is -2.17. The second-order valence-corrected chi connectivity index (χ2v) is 7.54. The summed E-state index contributed by atoms with van der Waals surface area (Å²) in [6, 6.07) is 18.1. The molecule has 2 aromatic carbocycles. The van der Waals surface area contributed by atoms with Crippen molar-refractivity contribution < 1.29 is 14.3 Å². The Morgan fingerprint density at radius 1 is 1.17 bits per heavy atom. The highest BCUT2D eigenvalue weighted by Crippen LogP contribution is 2.51. The third-order valence-corrected chi connectivity index (χ3v) is 5.57. The van der Waals surface area contributed by atoms with Crippen molar-refractivity contribution in [2.75, 3.05) is 7.11 Å². The highest BCUT2D eigenvalue weighted by atomic mass is 16.5. The van der Waals surface area contributed by atoms with Crippen LogP contribution >= 0.6 is 0 Å². The summed E-state index contributed by atoms with van der Waals surface area (Å²) in [6.07, 6.45) is 5.59. The minimum atomic E-state index is -0.360. The number of aryl methyl sites for hydroxylation is 2. The van der Waals surface area contributed by atoms with Crippen LogP contribution in [0.1, 0.15) is 41.8 Å². The van der Waals surface area contributed by atoms with Crippen molar-refractivity contribution in [2.24, 2.45) is 13.0 Å². The largest absolute Gasteiger partial charge is 0.496 e. The predicted molar refractivity (Wildman–Crippen MR) is 111 cm³/mol. The number of benzene rings is 2. The van der Waals surface area contributed by atoms with Gasteiger partial charge in [-0.3, -0.25) is 4.79 Å². The van der Waals surface area contributed by atoms with Crippen LogP contribution in [0, 0.1) is 5.92 Å². The Labute approximate surface area is 171 Å². The van der Waals surface area contributed by atoms with E-state index in [4.69, 9.17) is 9.47 Å². The van der Waals surface area contributed by atoms with Gasteiger partial charge in [0, 0.05) is 25.4 Å². The fourth-order valence-electron chi connectivity index (χ4n) is 3.87. The Morgan fingerprint density at radius 3 is 2.66 bits per heavy atom. The van der Waals surface area contributed by atoms with E-state index < -0.39 is 0 Å². The molecule has 0 saturated heterocycles. The number of hydrogen-bond donors (Lipinski definition) is 0. The summed E-state index contributed by atoms with van der Waals surface area (Å²) < 4.78 is 13.4. The van der Waals surface area contributed by atoms with Crippen molar-refractivity contribution in [1.29, 1.82) is 0 Å². The molecule has 1 fully saturated rings. The van der Waals surface area contributed by atoms with Gasteiger partial charge >= 0.3 is 5.97 Å². The Morgan fingerprint density at radius 2 is 1.93 bits per heavy atom. The van der Waals surface area contributed by atoms with Crippen molar-refractivity contribution in [3.05, 3.63) is 83.9 Å². The second-order valence-electron chi connectivity index (χ2n) is 7.54. The molecule has 5 heteroatoms. The fraction of sp³-hybridized carbons (Fsp3) is 0.333. The van der Waals surface area contributed by atoms with Crippen molar-refractivity contribution in [3.63, 3.8) is 0 Å². The number of carbonyl (C=O) groups excluding carboxylic acids is 1. The summed E-state index contributed by atoms with van der Waals surface area (Å²) in [4.78, 5) is 17.3. The van der Waals surface area contributed by atoms with Crippen LogP contribution in [0.3, 0.4) is 0 Å². The van der Waals surface area contributed by atoms with Gasteiger partial charge in [0.15, 0.2) is 6.10 Å². The van der Waals surface area contributed by atoms with Gasteiger partial charge in [0.2, 0.25) is 0 Å². The molecule has 150 valence electrons. The molecular weight excluding hydrogens is 364 g/mol. The molecule has 29 heavy (non-hydrogen) atoms. The lowest BCUT2D eigenvalue weighted by atomic mass is 10.1. The third kappa shape index (κ3) is 4.34. The lowest BCUT2D eigenvalue weighted by Gasteiger charge is -2.18. The molecule has 1 aliphatic rings. The van der Waals surface area contributed by atoms with Crippen molar-refractivity contribution in [1.82, 2.24) is 9.55 Å². The third-order valence-electron chi connectivity index (χ3n) is 5.57. The quantitative estimate of drug-likeness (QED) is 0.533. The van der Waals surface area contributed by atoms with Gasteiger partial charge < -0.3 is 14.0 Å². The summed E-state index contributed by atoms with van der Waals surface area (Å²) in [5.41, 5.74) is 2.30. The van der Waals surface area contributed by atoms with E-state index in [1.807, 2.05) is 60.3 Å². The minimum Gasteiger partial charge on any atom is -0.496 e. The van der Waals surface area contributed by atoms with Crippen LogP contribution in [-0.2, 0) is 23.0 Å². The number of methoxy groups -OCH3 is 1. The van der Waals surface area contributed by atoms with E-state index >= 15 is 0 Å². The molecule has 4 rings (SSSR count). The smallest absolute Gasteiger partial charge is 0.310 e. The van der Waals surface area contributed by atoms with Crippen LogP contribution < -0.4 is 4.74 Å². The van der Waals surface area contributed by atoms with Gasteiger partial charge in [0.05, 0.1) is 13.0 Å². The van der Waals surface area contributed by atoms with E-state index in [-0.39, 0.29) is 23.9 Å². The van der Waals surface area contributed by atoms with Crippen LogP contribution in [0.25, 0.3) is 0 Å². The maximum atomic E-state index is 12.9. The first-order valence-electron chi connectivity index (χ1n) is 10.0. The van der Waals surface area contributed by atoms with E-state index in [1.54, 1.807) is 13.3 Å². The minimum absolute atomic E-state index is 0.120. The summed E-state index contributed by atoms with van der Waals surface area (Å²) in [5, 5.41) is 0. The lowest BCUT2D eigenvalue weighted by molar-refractivity contribution is -0.152. The molecule has 0 N–H and O–H groups in total. The molecule has 0 amide bonds. The number of aromatic nitrogens is 2. The molecule has 3 atom stereocenters. The van der Waals surface area contributed by atoms with Crippen LogP contribution in [0.15, 0.2) is 67.0 Å². The molecule has 1 saturated carbocycles. The SMILES string of the molecule is COc1ccccc1C1CC1C(=O)OC(CCc1ccccc1)c1nccn1C. The fourth-order valence-corrected chi connectivity index (χ4v) is 3.87. The van der Waals surface area contributed by atoms with Gasteiger partial charge in [-0.15, -0.1) is 0 Å². The van der Waals surface area contributed by atoms with E-state index in [2.05, 4.69) is 17.1 Å².